The second kappa shape index (κ2) is 6.39. The zero-order chi connectivity index (χ0) is 17.3. The average molecular weight is 330 g/mol. The number of halogens is 2. The summed E-state index contributed by atoms with van der Waals surface area (Å²) < 4.78 is 26.4. The first-order chi connectivity index (χ1) is 11.4. The van der Waals surface area contributed by atoms with Crippen molar-refractivity contribution in [2.24, 2.45) is 5.92 Å². The summed E-state index contributed by atoms with van der Waals surface area (Å²) in [6.45, 7) is 2.17. The fourth-order valence-corrected chi connectivity index (χ4v) is 2.80. The van der Waals surface area contributed by atoms with Gasteiger partial charge in [-0.15, -0.1) is 0 Å². The lowest BCUT2D eigenvalue weighted by Gasteiger charge is -2.17. The minimum absolute atomic E-state index is 0.0407. The highest BCUT2D eigenvalue weighted by Gasteiger charge is 2.35. The molecule has 0 saturated carbocycles. The second-order valence-corrected chi connectivity index (χ2v) is 5.89. The third-order valence-electron chi connectivity index (χ3n) is 3.94. The summed E-state index contributed by atoms with van der Waals surface area (Å²) in [4.78, 5) is 26.0. The van der Waals surface area contributed by atoms with E-state index in [2.05, 4.69) is 5.32 Å². The van der Waals surface area contributed by atoms with Crippen molar-refractivity contribution >= 4 is 23.2 Å². The third kappa shape index (κ3) is 3.42. The van der Waals surface area contributed by atoms with Crippen molar-refractivity contribution in [2.45, 2.75) is 13.3 Å². The van der Waals surface area contributed by atoms with E-state index in [1.165, 1.54) is 0 Å². The summed E-state index contributed by atoms with van der Waals surface area (Å²) in [6.07, 6.45) is 0.0670. The molecule has 3 rings (SSSR count). The van der Waals surface area contributed by atoms with Crippen molar-refractivity contribution in [3.8, 4) is 0 Å². The molecule has 1 heterocycles. The van der Waals surface area contributed by atoms with E-state index in [0.29, 0.717) is 0 Å². The lowest BCUT2D eigenvalue weighted by molar-refractivity contribution is -0.122. The minimum atomic E-state index is -0.769. The van der Waals surface area contributed by atoms with Gasteiger partial charge in [-0.05, 0) is 36.8 Å². The SMILES string of the molecule is Cc1cccc(N2CC(C(=O)Nc3cc(F)cc(F)c3)CC2=O)c1. The van der Waals surface area contributed by atoms with Gasteiger partial charge in [0.15, 0.2) is 0 Å². The Balaban J connectivity index is 1.72. The molecule has 1 N–H and O–H groups in total. The lowest BCUT2D eigenvalue weighted by Crippen LogP contribution is -2.28. The molecule has 2 amide bonds. The molecule has 2 aromatic carbocycles. The highest BCUT2D eigenvalue weighted by atomic mass is 19.1. The fraction of sp³-hybridized carbons (Fsp3) is 0.222. The maximum absolute atomic E-state index is 13.2. The molecule has 0 radical (unpaired) electrons. The van der Waals surface area contributed by atoms with Gasteiger partial charge >= 0.3 is 0 Å². The van der Waals surface area contributed by atoms with Crippen molar-refractivity contribution in [1.29, 1.82) is 0 Å². The number of nitrogens with one attached hydrogen (secondary N) is 1. The van der Waals surface area contributed by atoms with E-state index in [4.69, 9.17) is 0 Å². The summed E-state index contributed by atoms with van der Waals surface area (Å²) >= 11 is 0. The molecule has 1 aliphatic heterocycles. The van der Waals surface area contributed by atoms with Crippen LogP contribution in [0.2, 0.25) is 0 Å². The number of benzene rings is 2. The Morgan fingerprint density at radius 1 is 1.17 bits per heavy atom. The van der Waals surface area contributed by atoms with E-state index in [0.717, 1.165) is 29.4 Å². The average Bonchev–Trinajstić information content (AvgIpc) is 2.88. The first-order valence-corrected chi connectivity index (χ1v) is 7.56. The van der Waals surface area contributed by atoms with E-state index in [9.17, 15) is 18.4 Å². The smallest absolute Gasteiger partial charge is 0.229 e. The quantitative estimate of drug-likeness (QED) is 0.939. The number of rotatable bonds is 3. The Morgan fingerprint density at radius 2 is 1.88 bits per heavy atom. The Hall–Kier alpha value is -2.76. The zero-order valence-corrected chi connectivity index (χ0v) is 13.1. The number of anilines is 2. The molecule has 124 valence electrons. The van der Waals surface area contributed by atoms with Crippen molar-refractivity contribution in [2.75, 3.05) is 16.8 Å². The molecule has 24 heavy (non-hydrogen) atoms. The standard InChI is InChI=1S/C18H16F2N2O2/c1-11-3-2-4-16(5-11)22-10-12(6-17(22)23)18(24)21-15-8-13(19)7-14(20)9-15/h2-5,7-9,12H,6,10H2,1H3,(H,21,24). The monoisotopic (exact) mass is 330 g/mol. The van der Waals surface area contributed by atoms with Gasteiger partial charge < -0.3 is 10.2 Å². The largest absolute Gasteiger partial charge is 0.326 e. The molecule has 2 aromatic rings. The normalized spacial score (nSPS) is 17.2. The summed E-state index contributed by atoms with van der Waals surface area (Å²) in [6, 6.07) is 10.3. The molecule has 0 spiro atoms. The number of aryl methyl sites for hydroxylation is 1. The first-order valence-electron chi connectivity index (χ1n) is 7.56. The van der Waals surface area contributed by atoms with E-state index in [1.54, 1.807) is 4.90 Å². The first kappa shape index (κ1) is 16.1. The van der Waals surface area contributed by atoms with Crippen molar-refractivity contribution in [3.63, 3.8) is 0 Å². The molecule has 6 heteroatoms. The van der Waals surface area contributed by atoms with Gasteiger partial charge in [0.1, 0.15) is 11.6 Å². The van der Waals surface area contributed by atoms with E-state index in [1.807, 2.05) is 31.2 Å². The summed E-state index contributed by atoms with van der Waals surface area (Å²) in [5.74, 6) is -2.68. The molecular weight excluding hydrogens is 314 g/mol. The predicted molar refractivity (Wildman–Crippen MR) is 86.6 cm³/mol. The second-order valence-electron chi connectivity index (χ2n) is 5.89. The van der Waals surface area contributed by atoms with Gasteiger partial charge in [-0.25, -0.2) is 8.78 Å². The molecule has 1 atom stereocenters. The molecule has 1 saturated heterocycles. The van der Waals surface area contributed by atoms with Gasteiger partial charge in [0, 0.05) is 30.4 Å². The van der Waals surface area contributed by atoms with Crippen LogP contribution in [-0.2, 0) is 9.59 Å². The fourth-order valence-electron chi connectivity index (χ4n) is 2.80. The Morgan fingerprint density at radius 3 is 2.54 bits per heavy atom. The van der Waals surface area contributed by atoms with Crippen LogP contribution in [0.5, 0.6) is 0 Å². The highest BCUT2D eigenvalue weighted by molar-refractivity contribution is 6.03. The summed E-state index contributed by atoms with van der Waals surface area (Å²) in [5, 5.41) is 2.47. The molecule has 0 bridgehead atoms. The van der Waals surface area contributed by atoms with E-state index in [-0.39, 0.29) is 24.6 Å². The maximum Gasteiger partial charge on any atom is 0.229 e. The number of amides is 2. The van der Waals surface area contributed by atoms with Crippen molar-refractivity contribution in [3.05, 3.63) is 59.7 Å². The van der Waals surface area contributed by atoms with Crippen LogP contribution in [0.3, 0.4) is 0 Å². The van der Waals surface area contributed by atoms with Crippen molar-refractivity contribution < 1.29 is 18.4 Å². The molecule has 1 aliphatic rings. The topological polar surface area (TPSA) is 49.4 Å². The van der Waals surface area contributed by atoms with Crippen LogP contribution in [0.1, 0.15) is 12.0 Å². The lowest BCUT2D eigenvalue weighted by atomic mass is 10.1. The number of nitrogens with zero attached hydrogens (tertiary/aromatic N) is 1. The Bertz CT molecular complexity index is 787. The van der Waals surface area contributed by atoms with Crippen LogP contribution in [0.4, 0.5) is 20.2 Å². The maximum atomic E-state index is 13.2. The van der Waals surface area contributed by atoms with E-state index >= 15 is 0 Å². The van der Waals surface area contributed by atoms with Crippen molar-refractivity contribution in [1.82, 2.24) is 0 Å². The number of carbonyl (C=O) groups excluding carboxylic acids is 2. The molecule has 1 unspecified atom stereocenters. The van der Waals surface area contributed by atoms with Crippen LogP contribution in [0, 0.1) is 24.5 Å². The molecule has 1 fully saturated rings. The van der Waals surface area contributed by atoms with Gasteiger partial charge in [0.25, 0.3) is 0 Å². The van der Waals surface area contributed by atoms with Crippen LogP contribution in [-0.4, -0.2) is 18.4 Å². The van der Waals surface area contributed by atoms with Gasteiger partial charge in [-0.1, -0.05) is 12.1 Å². The third-order valence-corrected chi connectivity index (χ3v) is 3.94. The molecular formula is C18H16F2N2O2. The summed E-state index contributed by atoms with van der Waals surface area (Å²) in [5.41, 5.74) is 1.80. The Kier molecular flexibility index (Phi) is 4.29. The van der Waals surface area contributed by atoms with Crippen LogP contribution < -0.4 is 10.2 Å². The van der Waals surface area contributed by atoms with Gasteiger partial charge in [-0.3, -0.25) is 9.59 Å². The number of carbonyl (C=O) groups is 2. The van der Waals surface area contributed by atoms with Crippen LogP contribution in [0.25, 0.3) is 0 Å². The van der Waals surface area contributed by atoms with Crippen LogP contribution in [0.15, 0.2) is 42.5 Å². The Labute approximate surface area is 138 Å². The molecule has 0 aromatic heterocycles. The molecule has 4 nitrogen and oxygen atoms in total. The predicted octanol–water partition coefficient (Wildman–Crippen LogP) is 3.26. The minimum Gasteiger partial charge on any atom is -0.326 e. The van der Waals surface area contributed by atoms with Crippen LogP contribution >= 0.6 is 0 Å². The van der Waals surface area contributed by atoms with Gasteiger partial charge in [-0.2, -0.15) is 0 Å². The highest BCUT2D eigenvalue weighted by Crippen LogP contribution is 2.26. The number of hydrogen-bond acceptors (Lipinski definition) is 2. The molecule has 0 aliphatic carbocycles. The van der Waals surface area contributed by atoms with E-state index < -0.39 is 23.5 Å². The van der Waals surface area contributed by atoms with Gasteiger partial charge in [0.2, 0.25) is 11.8 Å². The van der Waals surface area contributed by atoms with Gasteiger partial charge in [0.05, 0.1) is 5.92 Å². The zero-order valence-electron chi connectivity index (χ0n) is 13.1. The number of hydrogen-bond donors (Lipinski definition) is 1. The summed E-state index contributed by atoms with van der Waals surface area (Å²) in [7, 11) is 0.